The van der Waals surface area contributed by atoms with Gasteiger partial charge in [0.05, 0.1) is 6.61 Å². The fraction of sp³-hybridized carbons (Fsp3) is 0.455. The first-order valence-corrected chi connectivity index (χ1v) is 4.96. The van der Waals surface area contributed by atoms with Crippen molar-refractivity contribution in [3.8, 4) is 0 Å². The highest BCUT2D eigenvalue weighted by Gasteiger charge is 2.27. The fourth-order valence-corrected chi connectivity index (χ4v) is 1.62. The van der Waals surface area contributed by atoms with E-state index in [1.165, 1.54) is 12.1 Å². The quantitative estimate of drug-likeness (QED) is 0.824. The lowest BCUT2D eigenvalue weighted by atomic mass is 10.2. The number of rotatable bonds is 3. The molecule has 1 aromatic rings. The highest BCUT2D eigenvalue weighted by Crippen LogP contribution is 2.12. The van der Waals surface area contributed by atoms with E-state index >= 15 is 0 Å². The predicted molar refractivity (Wildman–Crippen MR) is 52.7 cm³/mol. The molecule has 0 aliphatic carbocycles. The molecule has 0 radical (unpaired) electrons. The normalized spacial score (nSPS) is 25.7. The summed E-state index contributed by atoms with van der Waals surface area (Å²) >= 11 is 0. The van der Waals surface area contributed by atoms with Gasteiger partial charge in [-0.15, -0.1) is 0 Å². The SMILES string of the molecule is Fc1cccc(COC2CNCC2F)c1. The average molecular weight is 213 g/mol. The fourth-order valence-electron chi connectivity index (χ4n) is 1.62. The molecule has 4 heteroatoms. The molecule has 0 saturated carbocycles. The molecule has 1 heterocycles. The van der Waals surface area contributed by atoms with Gasteiger partial charge >= 0.3 is 0 Å². The Morgan fingerprint density at radius 1 is 1.40 bits per heavy atom. The van der Waals surface area contributed by atoms with E-state index in [-0.39, 0.29) is 12.4 Å². The van der Waals surface area contributed by atoms with Gasteiger partial charge in [0.25, 0.3) is 0 Å². The Balaban J connectivity index is 1.87. The summed E-state index contributed by atoms with van der Waals surface area (Å²) < 4.78 is 31.3. The second-order valence-electron chi connectivity index (χ2n) is 3.65. The van der Waals surface area contributed by atoms with E-state index in [0.717, 1.165) is 5.56 Å². The van der Waals surface area contributed by atoms with Gasteiger partial charge in [-0.3, -0.25) is 0 Å². The number of benzene rings is 1. The lowest BCUT2D eigenvalue weighted by molar-refractivity contribution is 0.0138. The Morgan fingerprint density at radius 3 is 2.93 bits per heavy atom. The van der Waals surface area contributed by atoms with Gasteiger partial charge in [0.2, 0.25) is 0 Å². The van der Waals surface area contributed by atoms with E-state index in [0.29, 0.717) is 13.1 Å². The number of halogens is 2. The van der Waals surface area contributed by atoms with Crippen molar-refractivity contribution in [2.45, 2.75) is 18.9 Å². The summed E-state index contributed by atoms with van der Waals surface area (Å²) in [7, 11) is 0. The van der Waals surface area contributed by atoms with Crippen LogP contribution in [0.5, 0.6) is 0 Å². The third-order valence-corrected chi connectivity index (χ3v) is 2.44. The van der Waals surface area contributed by atoms with Crippen molar-refractivity contribution < 1.29 is 13.5 Å². The molecule has 1 aromatic carbocycles. The van der Waals surface area contributed by atoms with Crippen LogP contribution in [0, 0.1) is 5.82 Å². The van der Waals surface area contributed by atoms with Gasteiger partial charge in [0.15, 0.2) is 0 Å². The minimum Gasteiger partial charge on any atom is -0.369 e. The van der Waals surface area contributed by atoms with E-state index in [4.69, 9.17) is 4.74 Å². The number of hydrogen-bond donors (Lipinski definition) is 1. The molecule has 1 N–H and O–H groups in total. The molecule has 1 aliphatic rings. The zero-order chi connectivity index (χ0) is 10.7. The molecule has 2 rings (SSSR count). The number of alkyl halides is 1. The minimum absolute atomic E-state index is 0.254. The second kappa shape index (κ2) is 4.68. The molecule has 1 saturated heterocycles. The zero-order valence-corrected chi connectivity index (χ0v) is 8.25. The molecule has 2 atom stereocenters. The molecular weight excluding hydrogens is 200 g/mol. The lowest BCUT2D eigenvalue weighted by Gasteiger charge is -2.12. The number of nitrogens with one attached hydrogen (secondary N) is 1. The minimum atomic E-state index is -0.960. The maximum atomic E-state index is 13.1. The van der Waals surface area contributed by atoms with Crippen molar-refractivity contribution in [2.75, 3.05) is 13.1 Å². The van der Waals surface area contributed by atoms with Crippen LogP contribution < -0.4 is 5.32 Å². The summed E-state index contributed by atoms with van der Waals surface area (Å²) in [5, 5.41) is 2.90. The van der Waals surface area contributed by atoms with Gasteiger partial charge in [-0.05, 0) is 17.7 Å². The van der Waals surface area contributed by atoms with E-state index < -0.39 is 12.3 Å². The van der Waals surface area contributed by atoms with Crippen LogP contribution in [0.15, 0.2) is 24.3 Å². The van der Waals surface area contributed by atoms with Gasteiger partial charge < -0.3 is 10.1 Å². The van der Waals surface area contributed by atoms with Crippen LogP contribution in [0.3, 0.4) is 0 Å². The van der Waals surface area contributed by atoms with Gasteiger partial charge in [-0.25, -0.2) is 8.78 Å². The van der Waals surface area contributed by atoms with Gasteiger partial charge in [-0.1, -0.05) is 12.1 Å². The lowest BCUT2D eigenvalue weighted by Crippen LogP contribution is -2.23. The molecule has 0 aromatic heterocycles. The average Bonchev–Trinajstić information content (AvgIpc) is 2.61. The Kier molecular flexibility index (Phi) is 3.28. The summed E-state index contributed by atoms with van der Waals surface area (Å²) in [5.41, 5.74) is 0.731. The maximum Gasteiger partial charge on any atom is 0.140 e. The molecule has 82 valence electrons. The van der Waals surface area contributed by atoms with Crippen LogP contribution in [-0.2, 0) is 11.3 Å². The molecule has 0 amide bonds. The smallest absolute Gasteiger partial charge is 0.140 e. The summed E-state index contributed by atoms with van der Waals surface area (Å²) in [6.45, 7) is 1.12. The number of hydrogen-bond acceptors (Lipinski definition) is 2. The van der Waals surface area contributed by atoms with Crippen molar-refractivity contribution in [3.63, 3.8) is 0 Å². The van der Waals surface area contributed by atoms with Crippen LogP contribution in [0.25, 0.3) is 0 Å². The third kappa shape index (κ3) is 2.73. The van der Waals surface area contributed by atoms with Crippen LogP contribution >= 0.6 is 0 Å². The molecule has 1 aliphatic heterocycles. The zero-order valence-electron chi connectivity index (χ0n) is 8.25. The van der Waals surface area contributed by atoms with Gasteiger partial charge in [0, 0.05) is 13.1 Å². The van der Waals surface area contributed by atoms with E-state index in [1.54, 1.807) is 12.1 Å². The third-order valence-electron chi connectivity index (χ3n) is 2.44. The van der Waals surface area contributed by atoms with Crippen molar-refractivity contribution in [3.05, 3.63) is 35.6 Å². The van der Waals surface area contributed by atoms with E-state index in [9.17, 15) is 8.78 Å². The van der Waals surface area contributed by atoms with Crippen LogP contribution in [-0.4, -0.2) is 25.4 Å². The molecule has 0 bridgehead atoms. The Morgan fingerprint density at radius 2 is 2.27 bits per heavy atom. The summed E-state index contributed by atoms with van der Waals surface area (Å²) in [6.07, 6.45) is -1.37. The van der Waals surface area contributed by atoms with Crippen molar-refractivity contribution >= 4 is 0 Å². The Hall–Kier alpha value is -1.00. The Bertz CT molecular complexity index is 332. The molecule has 2 unspecified atom stereocenters. The second-order valence-corrected chi connectivity index (χ2v) is 3.65. The highest BCUT2D eigenvalue weighted by molar-refractivity contribution is 5.15. The first kappa shape index (κ1) is 10.5. The van der Waals surface area contributed by atoms with Crippen LogP contribution in [0.2, 0.25) is 0 Å². The molecule has 15 heavy (non-hydrogen) atoms. The summed E-state index contributed by atoms with van der Waals surface area (Å²) in [4.78, 5) is 0. The Labute approximate surface area is 87.2 Å². The first-order valence-electron chi connectivity index (χ1n) is 4.96. The molecular formula is C11H13F2NO. The maximum absolute atomic E-state index is 13.1. The monoisotopic (exact) mass is 213 g/mol. The van der Waals surface area contributed by atoms with Crippen LogP contribution in [0.4, 0.5) is 8.78 Å². The largest absolute Gasteiger partial charge is 0.369 e. The first-order chi connectivity index (χ1) is 7.25. The van der Waals surface area contributed by atoms with Gasteiger partial charge in [-0.2, -0.15) is 0 Å². The molecule has 1 fully saturated rings. The van der Waals surface area contributed by atoms with E-state index in [1.807, 2.05) is 0 Å². The number of ether oxygens (including phenoxy) is 1. The van der Waals surface area contributed by atoms with Crippen molar-refractivity contribution in [2.24, 2.45) is 0 Å². The van der Waals surface area contributed by atoms with Crippen LogP contribution in [0.1, 0.15) is 5.56 Å². The van der Waals surface area contributed by atoms with Crippen molar-refractivity contribution in [1.82, 2.24) is 5.32 Å². The molecule has 2 nitrogen and oxygen atoms in total. The standard InChI is InChI=1S/C11H13F2NO/c12-9-3-1-2-8(4-9)7-15-11-6-14-5-10(11)13/h1-4,10-11,14H,5-7H2. The van der Waals surface area contributed by atoms with E-state index in [2.05, 4.69) is 5.32 Å². The summed E-state index contributed by atoms with van der Waals surface area (Å²) in [6, 6.07) is 6.15. The van der Waals surface area contributed by atoms with Crippen molar-refractivity contribution in [1.29, 1.82) is 0 Å². The van der Waals surface area contributed by atoms with Gasteiger partial charge in [0.1, 0.15) is 18.1 Å². The highest BCUT2D eigenvalue weighted by atomic mass is 19.1. The predicted octanol–water partition coefficient (Wildman–Crippen LogP) is 1.65. The molecule has 0 spiro atoms. The summed E-state index contributed by atoms with van der Waals surface area (Å²) in [5.74, 6) is -0.294. The topological polar surface area (TPSA) is 21.3 Å².